The van der Waals surface area contributed by atoms with Crippen LogP contribution in [0.4, 0.5) is 0 Å². The molecule has 1 N–H and O–H groups in total. The summed E-state index contributed by atoms with van der Waals surface area (Å²) in [6.07, 6.45) is 6.99. The molecule has 1 aliphatic carbocycles. The molecular weight excluding hydrogens is 308 g/mol. The number of aromatic nitrogens is 3. The first-order chi connectivity index (χ1) is 11.6. The van der Waals surface area contributed by atoms with Gasteiger partial charge in [0, 0.05) is 18.8 Å². The van der Waals surface area contributed by atoms with E-state index in [9.17, 15) is 14.7 Å². The van der Waals surface area contributed by atoms with Crippen LogP contribution in [0.3, 0.4) is 0 Å². The second kappa shape index (κ2) is 6.05. The summed E-state index contributed by atoms with van der Waals surface area (Å²) >= 11 is 0. The minimum Gasteiger partial charge on any atom is -0.480 e. The Kier molecular flexibility index (Phi) is 3.88. The normalized spacial score (nSPS) is 27.4. The smallest absolute Gasteiger partial charge is 0.350 e. The first kappa shape index (κ1) is 15.4. The number of fused-ring (bicyclic) bond motifs is 2. The Morgan fingerprint density at radius 2 is 2.08 bits per heavy atom. The molecule has 2 fully saturated rings. The highest BCUT2D eigenvalue weighted by Crippen LogP contribution is 2.39. The zero-order valence-electron chi connectivity index (χ0n) is 13.5. The predicted octanol–water partition coefficient (Wildman–Crippen LogP) is 1.21. The lowest BCUT2D eigenvalue weighted by atomic mass is 9.85. The van der Waals surface area contributed by atoms with Crippen molar-refractivity contribution in [2.24, 2.45) is 5.92 Å². The topological polar surface area (TPSA) is 79.8 Å². The lowest BCUT2D eigenvalue weighted by Gasteiger charge is -2.32. The second-order valence-corrected chi connectivity index (χ2v) is 6.87. The monoisotopic (exact) mass is 330 g/mol. The lowest BCUT2D eigenvalue weighted by Crippen LogP contribution is -2.44. The summed E-state index contributed by atoms with van der Waals surface area (Å²) < 4.78 is 2.96. The number of aliphatic carboxylic acids is 1. The van der Waals surface area contributed by atoms with Crippen LogP contribution in [0, 0.1) is 5.92 Å². The molecule has 1 aliphatic heterocycles. The zero-order valence-corrected chi connectivity index (χ0v) is 13.5. The molecule has 2 aromatic rings. The van der Waals surface area contributed by atoms with Crippen molar-refractivity contribution in [3.05, 3.63) is 34.9 Å². The number of hydrogen-bond donors (Lipinski definition) is 1. The molecule has 0 spiro atoms. The summed E-state index contributed by atoms with van der Waals surface area (Å²) in [6, 6.07) is 5.36. The van der Waals surface area contributed by atoms with Gasteiger partial charge < -0.3 is 5.11 Å². The SMILES string of the molecule is O=C(O)[C@@H]1C[C@H]2CCCC[C@@H]2N1CCn1nc2ccccn2c1=O. The van der Waals surface area contributed by atoms with Crippen molar-refractivity contribution in [1.29, 1.82) is 0 Å². The van der Waals surface area contributed by atoms with Crippen molar-refractivity contribution < 1.29 is 9.90 Å². The number of carbonyl (C=O) groups is 1. The van der Waals surface area contributed by atoms with Gasteiger partial charge in [-0.1, -0.05) is 18.9 Å². The minimum absolute atomic E-state index is 0.170. The van der Waals surface area contributed by atoms with Gasteiger partial charge in [-0.2, -0.15) is 0 Å². The van der Waals surface area contributed by atoms with Gasteiger partial charge in [-0.15, -0.1) is 5.10 Å². The van der Waals surface area contributed by atoms with E-state index in [-0.39, 0.29) is 5.69 Å². The van der Waals surface area contributed by atoms with Gasteiger partial charge in [-0.25, -0.2) is 9.48 Å². The van der Waals surface area contributed by atoms with Gasteiger partial charge in [-0.3, -0.25) is 14.1 Å². The third-order valence-electron chi connectivity index (χ3n) is 5.56. The minimum atomic E-state index is -0.744. The van der Waals surface area contributed by atoms with E-state index in [2.05, 4.69) is 10.00 Å². The average Bonchev–Trinajstić information content (AvgIpc) is 3.12. The van der Waals surface area contributed by atoms with Gasteiger partial charge in [0.2, 0.25) is 0 Å². The molecule has 3 heterocycles. The maximum Gasteiger partial charge on any atom is 0.350 e. The van der Waals surface area contributed by atoms with Crippen LogP contribution in [0.15, 0.2) is 29.2 Å². The number of carboxylic acid groups (broad SMARTS) is 1. The highest BCUT2D eigenvalue weighted by atomic mass is 16.4. The fraction of sp³-hybridized carbons (Fsp3) is 0.588. The molecule has 0 bridgehead atoms. The number of hydrogen-bond acceptors (Lipinski definition) is 4. The van der Waals surface area contributed by atoms with Gasteiger partial charge >= 0.3 is 11.7 Å². The van der Waals surface area contributed by atoms with Crippen molar-refractivity contribution in [3.63, 3.8) is 0 Å². The standard InChI is InChI=1S/C17H22N4O3/c22-16(23)14-11-12-5-1-2-6-13(12)19(14)9-10-21-17(24)20-8-4-3-7-15(20)18-21/h3-4,7-8,12-14H,1-2,5-6,9-11H2,(H,22,23)/t12-,13+,14+/m1/s1. The summed E-state index contributed by atoms with van der Waals surface area (Å²) in [5, 5.41) is 13.9. The summed E-state index contributed by atoms with van der Waals surface area (Å²) in [7, 11) is 0. The Bertz CT molecular complexity index is 812. The van der Waals surface area contributed by atoms with Gasteiger partial charge in [0.05, 0.1) is 6.54 Å². The van der Waals surface area contributed by atoms with Crippen LogP contribution in [0.2, 0.25) is 0 Å². The number of carboxylic acids is 1. The maximum atomic E-state index is 12.4. The molecule has 1 saturated heterocycles. The van der Waals surface area contributed by atoms with Crippen molar-refractivity contribution >= 4 is 11.6 Å². The Morgan fingerprint density at radius 1 is 1.25 bits per heavy atom. The molecular formula is C17H22N4O3. The fourth-order valence-corrected chi connectivity index (χ4v) is 4.44. The largest absolute Gasteiger partial charge is 0.480 e. The van der Waals surface area contributed by atoms with Crippen molar-refractivity contribution in [2.45, 2.75) is 50.7 Å². The number of nitrogens with zero attached hydrogens (tertiary/aromatic N) is 4. The number of likely N-dealkylation sites (tertiary alicyclic amines) is 1. The molecule has 4 rings (SSSR count). The van der Waals surface area contributed by atoms with E-state index in [1.54, 1.807) is 18.3 Å². The molecule has 2 aromatic heterocycles. The quantitative estimate of drug-likeness (QED) is 0.911. The molecule has 3 atom stereocenters. The number of pyridine rings is 1. The molecule has 0 aromatic carbocycles. The first-order valence-electron chi connectivity index (χ1n) is 8.68. The van der Waals surface area contributed by atoms with Crippen LogP contribution >= 0.6 is 0 Å². The van der Waals surface area contributed by atoms with Crippen molar-refractivity contribution in [2.75, 3.05) is 6.54 Å². The summed E-state index contributed by atoms with van der Waals surface area (Å²) in [4.78, 5) is 26.1. The number of rotatable bonds is 4. The van der Waals surface area contributed by atoms with Crippen molar-refractivity contribution in [3.8, 4) is 0 Å². The van der Waals surface area contributed by atoms with Gasteiger partial charge in [-0.05, 0) is 37.3 Å². The van der Waals surface area contributed by atoms with E-state index in [4.69, 9.17) is 0 Å². The van der Waals surface area contributed by atoms with E-state index >= 15 is 0 Å². The molecule has 2 aliphatic rings. The van der Waals surface area contributed by atoms with Crippen LogP contribution < -0.4 is 5.69 Å². The van der Waals surface area contributed by atoms with E-state index in [1.165, 1.54) is 15.5 Å². The third kappa shape index (κ3) is 2.53. The molecule has 7 heteroatoms. The predicted molar refractivity (Wildman–Crippen MR) is 87.9 cm³/mol. The van der Waals surface area contributed by atoms with E-state index in [0.29, 0.717) is 30.7 Å². The zero-order chi connectivity index (χ0) is 16.7. The summed E-state index contributed by atoms with van der Waals surface area (Å²) in [5.74, 6) is -0.260. The fourth-order valence-electron chi connectivity index (χ4n) is 4.44. The Balaban J connectivity index is 1.55. The molecule has 128 valence electrons. The second-order valence-electron chi connectivity index (χ2n) is 6.87. The highest BCUT2D eigenvalue weighted by molar-refractivity contribution is 5.74. The molecule has 1 saturated carbocycles. The Hall–Kier alpha value is -2.15. The van der Waals surface area contributed by atoms with Gasteiger partial charge in [0.25, 0.3) is 0 Å². The molecule has 7 nitrogen and oxygen atoms in total. The van der Waals surface area contributed by atoms with E-state index in [1.807, 2.05) is 6.07 Å². The first-order valence-corrected chi connectivity index (χ1v) is 8.68. The van der Waals surface area contributed by atoms with Crippen LogP contribution in [-0.2, 0) is 11.3 Å². The van der Waals surface area contributed by atoms with Gasteiger partial charge in [0.15, 0.2) is 5.65 Å². The van der Waals surface area contributed by atoms with E-state index < -0.39 is 12.0 Å². The Morgan fingerprint density at radius 3 is 2.88 bits per heavy atom. The molecule has 0 radical (unpaired) electrons. The van der Waals surface area contributed by atoms with E-state index in [0.717, 1.165) is 25.7 Å². The van der Waals surface area contributed by atoms with Crippen LogP contribution in [0.25, 0.3) is 5.65 Å². The van der Waals surface area contributed by atoms with Crippen LogP contribution in [0.5, 0.6) is 0 Å². The average molecular weight is 330 g/mol. The molecule has 0 unspecified atom stereocenters. The lowest BCUT2D eigenvalue weighted by molar-refractivity contribution is -0.142. The van der Waals surface area contributed by atoms with Crippen LogP contribution in [-0.4, -0.2) is 48.8 Å². The molecule has 24 heavy (non-hydrogen) atoms. The van der Waals surface area contributed by atoms with Crippen LogP contribution in [0.1, 0.15) is 32.1 Å². The maximum absolute atomic E-state index is 12.4. The van der Waals surface area contributed by atoms with Crippen molar-refractivity contribution in [1.82, 2.24) is 19.1 Å². The summed E-state index contributed by atoms with van der Waals surface area (Å²) in [6.45, 7) is 0.982. The highest BCUT2D eigenvalue weighted by Gasteiger charge is 2.44. The summed E-state index contributed by atoms with van der Waals surface area (Å²) in [5.41, 5.74) is 0.450. The van der Waals surface area contributed by atoms with Gasteiger partial charge in [0.1, 0.15) is 6.04 Å². The molecule has 0 amide bonds. The third-order valence-corrected chi connectivity index (χ3v) is 5.56. The Labute approximate surface area is 139 Å².